The first kappa shape index (κ1) is 15.9. The van der Waals surface area contributed by atoms with E-state index in [9.17, 15) is 4.79 Å². The third-order valence-electron chi connectivity index (χ3n) is 5.40. The van der Waals surface area contributed by atoms with Crippen LogP contribution in [0.4, 0.5) is 10.5 Å². The number of amides is 2. The Hall–Kier alpha value is -2.63. The molecule has 4 rings (SSSR count). The van der Waals surface area contributed by atoms with Crippen LogP contribution in [0, 0.1) is 0 Å². The molecule has 130 valence electrons. The Morgan fingerprint density at radius 1 is 1.16 bits per heavy atom. The van der Waals surface area contributed by atoms with Crippen LogP contribution in [0.1, 0.15) is 37.2 Å². The summed E-state index contributed by atoms with van der Waals surface area (Å²) in [5, 5.41) is 3.22. The fourth-order valence-corrected chi connectivity index (χ4v) is 3.98. The van der Waals surface area contributed by atoms with E-state index >= 15 is 0 Å². The van der Waals surface area contributed by atoms with Crippen molar-refractivity contribution in [2.45, 2.75) is 37.1 Å². The first-order valence-electron chi connectivity index (χ1n) is 8.70. The fourth-order valence-electron chi connectivity index (χ4n) is 3.98. The van der Waals surface area contributed by atoms with Crippen LogP contribution >= 0.6 is 0 Å². The van der Waals surface area contributed by atoms with E-state index in [1.165, 1.54) is 12.7 Å². The summed E-state index contributed by atoms with van der Waals surface area (Å²) in [5.74, 6) is 0.585. The van der Waals surface area contributed by atoms with Gasteiger partial charge in [-0.2, -0.15) is 0 Å². The number of carbonyl (C=O) groups is 1. The van der Waals surface area contributed by atoms with Crippen LogP contribution in [0.5, 0.6) is 6.01 Å². The van der Waals surface area contributed by atoms with Crippen LogP contribution in [-0.2, 0) is 0 Å². The second-order valence-corrected chi connectivity index (χ2v) is 6.91. The summed E-state index contributed by atoms with van der Waals surface area (Å²) >= 11 is 0. The van der Waals surface area contributed by atoms with Gasteiger partial charge in [0.1, 0.15) is 0 Å². The number of nitrogens with zero attached hydrogens (tertiary/aromatic N) is 3. The van der Waals surface area contributed by atoms with Gasteiger partial charge in [-0.3, -0.25) is 4.90 Å². The molecule has 6 nitrogen and oxygen atoms in total. The van der Waals surface area contributed by atoms with Gasteiger partial charge in [-0.1, -0.05) is 30.3 Å². The Labute approximate surface area is 147 Å². The summed E-state index contributed by atoms with van der Waals surface area (Å²) in [6.07, 6.45) is 7.45. The molecule has 1 saturated carbocycles. The van der Waals surface area contributed by atoms with Crippen LogP contribution in [-0.4, -0.2) is 35.2 Å². The molecule has 1 aliphatic carbocycles. The van der Waals surface area contributed by atoms with E-state index in [1.54, 1.807) is 17.3 Å². The normalized spacial score (nSPS) is 25.9. The number of urea groups is 1. The number of methoxy groups -OCH3 is 1. The Bertz CT molecular complexity index is 740. The van der Waals surface area contributed by atoms with Crippen molar-refractivity contribution >= 4 is 11.7 Å². The molecule has 0 atom stereocenters. The molecule has 1 N–H and O–H groups in total. The lowest BCUT2D eigenvalue weighted by Gasteiger charge is -2.36. The molecular formula is C19H22N4O2. The van der Waals surface area contributed by atoms with Crippen LogP contribution in [0.2, 0.25) is 0 Å². The zero-order chi connectivity index (χ0) is 17.3. The van der Waals surface area contributed by atoms with Gasteiger partial charge in [-0.15, -0.1) is 0 Å². The van der Waals surface area contributed by atoms with Crippen molar-refractivity contribution in [2.75, 3.05) is 18.6 Å². The monoisotopic (exact) mass is 338 g/mol. The van der Waals surface area contributed by atoms with E-state index in [2.05, 4.69) is 45.6 Å². The number of benzene rings is 1. The quantitative estimate of drug-likeness (QED) is 0.934. The summed E-state index contributed by atoms with van der Waals surface area (Å²) < 4.78 is 4.98. The minimum absolute atomic E-state index is 0.0630. The Kier molecular flexibility index (Phi) is 4.03. The maximum atomic E-state index is 12.5. The predicted molar refractivity (Wildman–Crippen MR) is 94.8 cm³/mol. The molecule has 2 aliphatic rings. The van der Waals surface area contributed by atoms with E-state index in [-0.39, 0.29) is 11.6 Å². The number of rotatable bonds is 3. The fraction of sp³-hybridized carbons (Fsp3) is 0.421. The average Bonchev–Trinajstić information content (AvgIpc) is 2.99. The highest BCUT2D eigenvalue weighted by Crippen LogP contribution is 2.40. The highest BCUT2D eigenvalue weighted by Gasteiger charge is 2.45. The van der Waals surface area contributed by atoms with Gasteiger partial charge in [0.05, 0.1) is 37.3 Å². The van der Waals surface area contributed by atoms with Crippen molar-refractivity contribution in [3.63, 3.8) is 0 Å². The highest BCUT2D eigenvalue weighted by molar-refractivity contribution is 5.95. The largest absolute Gasteiger partial charge is 0.467 e. The second-order valence-electron chi connectivity index (χ2n) is 6.91. The number of anilines is 1. The van der Waals surface area contributed by atoms with Gasteiger partial charge in [-0.25, -0.2) is 14.8 Å². The minimum atomic E-state index is -0.137. The van der Waals surface area contributed by atoms with Gasteiger partial charge >= 0.3 is 12.0 Å². The molecule has 0 unspecified atom stereocenters. The summed E-state index contributed by atoms with van der Waals surface area (Å²) in [6, 6.07) is 10.9. The van der Waals surface area contributed by atoms with E-state index in [4.69, 9.17) is 4.74 Å². The van der Waals surface area contributed by atoms with Crippen molar-refractivity contribution in [3.8, 4) is 6.01 Å². The second kappa shape index (κ2) is 6.35. The van der Waals surface area contributed by atoms with Gasteiger partial charge in [0, 0.05) is 0 Å². The topological polar surface area (TPSA) is 67.3 Å². The zero-order valence-corrected chi connectivity index (χ0v) is 14.3. The van der Waals surface area contributed by atoms with Crippen molar-refractivity contribution < 1.29 is 9.53 Å². The lowest BCUT2D eigenvalue weighted by molar-refractivity contribution is 0.231. The molecule has 2 fully saturated rings. The van der Waals surface area contributed by atoms with Gasteiger partial charge in [-0.05, 0) is 37.2 Å². The van der Waals surface area contributed by atoms with Crippen LogP contribution in [0.25, 0.3) is 0 Å². The van der Waals surface area contributed by atoms with E-state index < -0.39 is 0 Å². The first-order chi connectivity index (χ1) is 12.2. The molecule has 2 amide bonds. The maximum Gasteiger partial charge on any atom is 0.322 e. The smallest absolute Gasteiger partial charge is 0.322 e. The van der Waals surface area contributed by atoms with Crippen molar-refractivity contribution in [1.29, 1.82) is 0 Å². The Morgan fingerprint density at radius 2 is 1.84 bits per heavy atom. The Balaban J connectivity index is 1.45. The van der Waals surface area contributed by atoms with Crippen molar-refractivity contribution in [3.05, 3.63) is 48.3 Å². The van der Waals surface area contributed by atoms with Crippen LogP contribution in [0.3, 0.4) is 0 Å². The predicted octanol–water partition coefficient (Wildman–Crippen LogP) is 3.11. The van der Waals surface area contributed by atoms with E-state index in [0.29, 0.717) is 24.2 Å². The van der Waals surface area contributed by atoms with E-state index in [0.717, 1.165) is 25.7 Å². The maximum absolute atomic E-state index is 12.5. The molecule has 2 aromatic rings. The number of hydrogen-bond donors (Lipinski definition) is 1. The molecule has 25 heavy (non-hydrogen) atoms. The van der Waals surface area contributed by atoms with Gasteiger partial charge in [0.2, 0.25) is 0 Å². The lowest BCUT2D eigenvalue weighted by Crippen LogP contribution is -2.46. The molecule has 1 aromatic heterocycles. The average molecular weight is 338 g/mol. The molecule has 1 aliphatic heterocycles. The highest BCUT2D eigenvalue weighted by atomic mass is 16.5. The number of ether oxygens (including phenoxy) is 1. The first-order valence-corrected chi connectivity index (χ1v) is 8.70. The molecule has 1 saturated heterocycles. The number of carbonyl (C=O) groups excluding carboxylic acids is 1. The van der Waals surface area contributed by atoms with Gasteiger partial charge < -0.3 is 10.1 Å². The standard InChI is InChI=1S/C19H22N4O2/c1-25-17-20-11-16(12-21-17)23-13-19(22-18(23)24)9-7-15(8-10-19)14-5-3-2-4-6-14/h2-6,11-12,15H,7-10,13H2,1H3,(H,22,24). The molecule has 1 aromatic carbocycles. The SMILES string of the molecule is COc1ncc(N2CC3(CCC(c4ccccc4)CC3)NC2=O)cn1. The summed E-state index contributed by atoms with van der Waals surface area (Å²) in [5.41, 5.74) is 1.98. The van der Waals surface area contributed by atoms with Gasteiger partial charge in [0.15, 0.2) is 0 Å². The van der Waals surface area contributed by atoms with Crippen molar-refractivity contribution in [1.82, 2.24) is 15.3 Å². The number of aromatic nitrogens is 2. The lowest BCUT2D eigenvalue weighted by atomic mass is 9.74. The van der Waals surface area contributed by atoms with E-state index in [1.807, 2.05) is 0 Å². The molecular weight excluding hydrogens is 316 g/mol. The van der Waals surface area contributed by atoms with Crippen molar-refractivity contribution in [2.24, 2.45) is 0 Å². The molecule has 2 heterocycles. The minimum Gasteiger partial charge on any atom is -0.467 e. The third-order valence-corrected chi connectivity index (χ3v) is 5.40. The summed E-state index contributed by atoms with van der Waals surface area (Å²) in [6.45, 7) is 0.670. The number of hydrogen-bond acceptors (Lipinski definition) is 4. The molecule has 6 heteroatoms. The third kappa shape index (κ3) is 3.04. The zero-order valence-electron chi connectivity index (χ0n) is 14.3. The molecule has 1 spiro atoms. The summed E-state index contributed by atoms with van der Waals surface area (Å²) in [7, 11) is 1.53. The van der Waals surface area contributed by atoms with Gasteiger partial charge in [0.25, 0.3) is 0 Å². The number of nitrogens with one attached hydrogen (secondary N) is 1. The Morgan fingerprint density at radius 3 is 2.48 bits per heavy atom. The molecule has 0 radical (unpaired) electrons. The van der Waals surface area contributed by atoms with Crippen LogP contribution in [0.15, 0.2) is 42.7 Å². The summed E-state index contributed by atoms with van der Waals surface area (Å²) in [4.78, 5) is 22.4. The van der Waals surface area contributed by atoms with Crippen LogP contribution < -0.4 is 15.0 Å². The molecule has 0 bridgehead atoms.